The quantitative estimate of drug-likeness (QED) is 0.552. The third-order valence-corrected chi connectivity index (χ3v) is 7.88. The lowest BCUT2D eigenvalue weighted by atomic mass is 9.65. The highest BCUT2D eigenvalue weighted by Crippen LogP contribution is 2.55. The highest BCUT2D eigenvalue weighted by Gasteiger charge is 2.50. The van der Waals surface area contributed by atoms with Crippen molar-refractivity contribution in [1.82, 2.24) is 4.83 Å². The zero-order valence-electron chi connectivity index (χ0n) is 17.6. The van der Waals surface area contributed by atoms with Gasteiger partial charge in [0.05, 0.1) is 11.0 Å². The van der Waals surface area contributed by atoms with Gasteiger partial charge in [-0.1, -0.05) is 44.4 Å². The highest BCUT2D eigenvalue weighted by atomic mass is 32.2. The standard InChI is InChI=1S/C22H34N2O3S/c1-17-9-11-18(12-10-17)28(25,26)24-23-16-22(14-13-21(2,3)15-22)19-7-5-6-8-20(19)27-4/h9-12,16,19-20,24H,5-8,13-15H2,1-4H3/b23-16+/t19-,20+,22-/m0/s1. The van der Waals surface area contributed by atoms with Gasteiger partial charge in [0.1, 0.15) is 0 Å². The molecule has 28 heavy (non-hydrogen) atoms. The van der Waals surface area contributed by atoms with Gasteiger partial charge < -0.3 is 4.74 Å². The molecule has 0 unspecified atom stereocenters. The number of aryl methyl sites for hydroxylation is 1. The van der Waals surface area contributed by atoms with Gasteiger partial charge in [0, 0.05) is 18.7 Å². The summed E-state index contributed by atoms with van der Waals surface area (Å²) in [5, 5.41) is 4.29. The van der Waals surface area contributed by atoms with Crippen molar-refractivity contribution in [3.05, 3.63) is 29.8 Å². The molecule has 0 saturated heterocycles. The molecule has 1 N–H and O–H groups in total. The number of rotatable bonds is 6. The van der Waals surface area contributed by atoms with E-state index in [1.54, 1.807) is 31.4 Å². The molecule has 0 radical (unpaired) electrons. The first-order chi connectivity index (χ1) is 13.2. The van der Waals surface area contributed by atoms with Gasteiger partial charge in [-0.25, -0.2) is 4.83 Å². The first kappa shape index (κ1) is 21.3. The van der Waals surface area contributed by atoms with Crippen molar-refractivity contribution in [3.8, 4) is 0 Å². The maximum absolute atomic E-state index is 12.6. The first-order valence-electron chi connectivity index (χ1n) is 10.3. The van der Waals surface area contributed by atoms with Crippen molar-refractivity contribution in [2.45, 2.75) is 76.7 Å². The molecule has 2 saturated carbocycles. The van der Waals surface area contributed by atoms with Crippen LogP contribution in [0.15, 0.2) is 34.3 Å². The number of nitrogens with zero attached hydrogens (tertiary/aromatic N) is 1. The molecule has 3 rings (SSSR count). The summed E-state index contributed by atoms with van der Waals surface area (Å²) in [6.07, 6.45) is 9.88. The Balaban J connectivity index is 1.83. The van der Waals surface area contributed by atoms with Gasteiger partial charge in [-0.3, -0.25) is 0 Å². The Labute approximate surface area is 170 Å². The minimum absolute atomic E-state index is 0.111. The van der Waals surface area contributed by atoms with Crippen molar-refractivity contribution in [2.24, 2.45) is 21.8 Å². The van der Waals surface area contributed by atoms with Crippen LogP contribution in [0.1, 0.15) is 64.4 Å². The van der Waals surface area contributed by atoms with E-state index in [0.717, 1.165) is 37.7 Å². The topological polar surface area (TPSA) is 67.8 Å². The van der Waals surface area contributed by atoms with Crippen LogP contribution in [0.2, 0.25) is 0 Å². The largest absolute Gasteiger partial charge is 0.381 e. The van der Waals surface area contributed by atoms with Gasteiger partial charge in [0.25, 0.3) is 10.0 Å². The van der Waals surface area contributed by atoms with E-state index in [1.807, 2.05) is 13.1 Å². The monoisotopic (exact) mass is 406 g/mol. The summed E-state index contributed by atoms with van der Waals surface area (Å²) in [5.41, 5.74) is 1.15. The molecular formula is C22H34N2O3S. The van der Waals surface area contributed by atoms with Crippen molar-refractivity contribution >= 4 is 16.2 Å². The van der Waals surface area contributed by atoms with Crippen LogP contribution in [-0.4, -0.2) is 27.8 Å². The Morgan fingerprint density at radius 2 is 1.82 bits per heavy atom. The maximum atomic E-state index is 12.6. The summed E-state index contributed by atoms with van der Waals surface area (Å²) in [7, 11) is -1.85. The Kier molecular flexibility index (Phi) is 6.20. The molecule has 0 amide bonds. The van der Waals surface area contributed by atoms with Gasteiger partial charge in [-0.15, -0.1) is 0 Å². The molecule has 3 atom stereocenters. The molecule has 0 bridgehead atoms. The second-order valence-electron chi connectivity index (χ2n) is 9.41. The lowest BCUT2D eigenvalue weighted by Gasteiger charge is -2.42. The molecule has 0 heterocycles. The molecule has 0 aliphatic heterocycles. The number of sulfonamides is 1. The van der Waals surface area contributed by atoms with E-state index in [9.17, 15) is 8.42 Å². The van der Waals surface area contributed by atoms with E-state index in [4.69, 9.17) is 4.74 Å². The van der Waals surface area contributed by atoms with Crippen molar-refractivity contribution < 1.29 is 13.2 Å². The van der Waals surface area contributed by atoms with Gasteiger partial charge >= 0.3 is 0 Å². The molecule has 156 valence electrons. The minimum Gasteiger partial charge on any atom is -0.381 e. The molecule has 2 fully saturated rings. The Morgan fingerprint density at radius 1 is 1.14 bits per heavy atom. The molecular weight excluding hydrogens is 372 g/mol. The number of hydrazone groups is 1. The molecule has 0 aromatic heterocycles. The third kappa shape index (κ3) is 4.60. The van der Waals surface area contributed by atoms with E-state index in [1.165, 1.54) is 12.8 Å². The number of hydrogen-bond donors (Lipinski definition) is 1. The average Bonchev–Trinajstić information content (AvgIpc) is 2.97. The fourth-order valence-electron chi connectivity index (χ4n) is 5.19. The number of hydrogen-bond acceptors (Lipinski definition) is 4. The van der Waals surface area contributed by atoms with E-state index in [-0.39, 0.29) is 21.8 Å². The SMILES string of the molecule is CO[C@@H]1CCCC[C@@H]1[C@@]1(/C=N/NS(=O)(=O)c2ccc(C)cc2)CCC(C)(C)C1. The van der Waals surface area contributed by atoms with Gasteiger partial charge in [0.15, 0.2) is 0 Å². The smallest absolute Gasteiger partial charge is 0.276 e. The van der Waals surface area contributed by atoms with Crippen molar-refractivity contribution in [3.63, 3.8) is 0 Å². The van der Waals surface area contributed by atoms with Crippen LogP contribution < -0.4 is 4.83 Å². The molecule has 1 aromatic carbocycles. The minimum atomic E-state index is -3.65. The second-order valence-corrected chi connectivity index (χ2v) is 11.1. The van der Waals surface area contributed by atoms with Crippen LogP contribution in [0.4, 0.5) is 0 Å². The van der Waals surface area contributed by atoms with Gasteiger partial charge in [0.2, 0.25) is 0 Å². The van der Waals surface area contributed by atoms with Crippen molar-refractivity contribution in [2.75, 3.05) is 7.11 Å². The van der Waals surface area contributed by atoms with Crippen LogP contribution in [0.25, 0.3) is 0 Å². The lowest BCUT2D eigenvalue weighted by molar-refractivity contribution is -0.0167. The number of ether oxygens (including phenoxy) is 1. The summed E-state index contributed by atoms with van der Waals surface area (Å²) in [6, 6.07) is 6.82. The normalized spacial score (nSPS) is 30.6. The number of nitrogens with one attached hydrogen (secondary N) is 1. The predicted octanol–water partition coefficient (Wildman–Crippen LogP) is 4.66. The van der Waals surface area contributed by atoms with Gasteiger partial charge in [-0.2, -0.15) is 13.5 Å². The van der Waals surface area contributed by atoms with E-state index in [2.05, 4.69) is 23.8 Å². The van der Waals surface area contributed by atoms with E-state index >= 15 is 0 Å². The predicted molar refractivity (Wildman–Crippen MR) is 113 cm³/mol. The third-order valence-electron chi connectivity index (χ3n) is 6.64. The molecule has 6 heteroatoms. The van der Waals surface area contributed by atoms with E-state index in [0.29, 0.717) is 5.92 Å². The molecule has 0 spiro atoms. The second kappa shape index (κ2) is 8.15. The summed E-state index contributed by atoms with van der Waals surface area (Å²) in [5.74, 6) is 0.389. The van der Waals surface area contributed by atoms with Crippen LogP contribution in [0.3, 0.4) is 0 Å². The fraction of sp³-hybridized carbons (Fsp3) is 0.682. The molecule has 5 nitrogen and oxygen atoms in total. The summed E-state index contributed by atoms with van der Waals surface area (Å²) < 4.78 is 31.0. The Bertz CT molecular complexity index is 802. The fourth-order valence-corrected chi connectivity index (χ4v) is 5.98. The average molecular weight is 407 g/mol. The zero-order valence-corrected chi connectivity index (χ0v) is 18.4. The van der Waals surface area contributed by atoms with Crippen molar-refractivity contribution in [1.29, 1.82) is 0 Å². The molecule has 2 aliphatic rings. The molecule has 1 aromatic rings. The summed E-state index contributed by atoms with van der Waals surface area (Å²) in [6.45, 7) is 6.53. The van der Waals surface area contributed by atoms with E-state index < -0.39 is 10.0 Å². The van der Waals surface area contributed by atoms with Crippen LogP contribution in [-0.2, 0) is 14.8 Å². The van der Waals surface area contributed by atoms with Crippen LogP contribution in [0.5, 0.6) is 0 Å². The number of methoxy groups -OCH3 is 1. The number of benzene rings is 1. The van der Waals surface area contributed by atoms with Crippen LogP contribution in [0, 0.1) is 23.7 Å². The Morgan fingerprint density at radius 3 is 2.43 bits per heavy atom. The summed E-state index contributed by atoms with van der Waals surface area (Å²) >= 11 is 0. The lowest BCUT2D eigenvalue weighted by Crippen LogP contribution is -2.42. The molecule has 2 aliphatic carbocycles. The highest BCUT2D eigenvalue weighted by molar-refractivity contribution is 7.89. The Hall–Kier alpha value is -1.40. The summed E-state index contributed by atoms with van der Waals surface area (Å²) in [4.78, 5) is 2.69. The first-order valence-corrected chi connectivity index (χ1v) is 11.8. The van der Waals surface area contributed by atoms with Crippen LogP contribution >= 0.6 is 0 Å². The maximum Gasteiger partial charge on any atom is 0.276 e. The van der Waals surface area contributed by atoms with Gasteiger partial charge in [-0.05, 0) is 62.5 Å². The zero-order chi connectivity index (χ0) is 20.4.